The fraction of sp³-hybridized carbons (Fsp3) is 0.357. The number of rotatable bonds is 1. The van der Waals surface area contributed by atoms with E-state index in [0.717, 1.165) is 12.1 Å². The van der Waals surface area contributed by atoms with E-state index in [1.165, 1.54) is 0 Å². The number of nitrogens with two attached hydrogens (primary N) is 1. The van der Waals surface area contributed by atoms with Crippen LogP contribution in [0.25, 0.3) is 0 Å². The number of ketones is 1. The molecule has 0 spiro atoms. The zero-order valence-corrected chi connectivity index (χ0v) is 11.1. The zero-order valence-electron chi connectivity index (χ0n) is 11.1. The maximum atomic E-state index is 12.3. The van der Waals surface area contributed by atoms with Gasteiger partial charge >= 0.3 is 0 Å². The minimum absolute atomic E-state index is 0.0256. The van der Waals surface area contributed by atoms with Gasteiger partial charge in [-0.05, 0) is 12.5 Å². The van der Waals surface area contributed by atoms with Crippen LogP contribution < -0.4 is 5.73 Å². The van der Waals surface area contributed by atoms with Gasteiger partial charge in [-0.15, -0.1) is 0 Å². The van der Waals surface area contributed by atoms with Crippen LogP contribution in [0.3, 0.4) is 0 Å². The van der Waals surface area contributed by atoms with Crippen LogP contribution in [0.15, 0.2) is 35.1 Å². The van der Waals surface area contributed by atoms with Crippen molar-refractivity contribution in [2.45, 2.75) is 25.2 Å². The minimum atomic E-state index is -0.468. The Bertz CT molecular complexity index is 690. The van der Waals surface area contributed by atoms with Crippen LogP contribution in [0.1, 0.15) is 30.9 Å². The largest absolute Gasteiger partial charge is 0.444 e. The van der Waals surface area contributed by atoms with Crippen LogP contribution in [-0.4, -0.2) is 15.6 Å². The second-order valence-corrected chi connectivity index (χ2v) is 4.92. The first-order valence-electron chi connectivity index (χ1n) is 6.45. The van der Waals surface area contributed by atoms with Crippen molar-refractivity contribution in [2.24, 2.45) is 12.8 Å². The van der Waals surface area contributed by atoms with Crippen molar-refractivity contribution in [1.29, 1.82) is 5.26 Å². The molecule has 6 heteroatoms. The summed E-state index contributed by atoms with van der Waals surface area (Å²) in [5.41, 5.74) is 7.46. The summed E-state index contributed by atoms with van der Waals surface area (Å²) in [4.78, 5) is 12.3. The molecule has 1 aliphatic carbocycles. The Morgan fingerprint density at radius 2 is 2.35 bits per heavy atom. The van der Waals surface area contributed by atoms with E-state index in [1.807, 2.05) is 0 Å². The summed E-state index contributed by atoms with van der Waals surface area (Å²) in [6.45, 7) is 0. The highest BCUT2D eigenvalue weighted by Gasteiger charge is 2.39. The second kappa shape index (κ2) is 4.53. The molecular weight excluding hydrogens is 256 g/mol. The van der Waals surface area contributed by atoms with E-state index in [4.69, 9.17) is 10.5 Å². The molecule has 1 aromatic rings. The number of nitriles is 1. The summed E-state index contributed by atoms with van der Waals surface area (Å²) in [6, 6.07) is 3.87. The molecule has 1 aliphatic heterocycles. The molecule has 0 unspecified atom stereocenters. The molecule has 0 aromatic carbocycles. The van der Waals surface area contributed by atoms with E-state index >= 15 is 0 Å². The number of aryl methyl sites for hydroxylation is 1. The molecule has 0 saturated heterocycles. The molecule has 0 fully saturated rings. The van der Waals surface area contributed by atoms with E-state index in [9.17, 15) is 10.1 Å². The standard InChI is InChI=1S/C14H14N4O2/c1-18-9(5-6-17-18)12-8(7-15)14(16)20-11-4-2-3-10(19)13(11)12/h5-6,12H,2-4,16H2,1H3/t12-/m0/s1. The molecule has 0 saturated carbocycles. The van der Waals surface area contributed by atoms with Gasteiger partial charge < -0.3 is 10.5 Å². The number of allylic oxidation sites excluding steroid dienone is 3. The lowest BCUT2D eigenvalue weighted by Gasteiger charge is -2.30. The molecule has 0 amide bonds. The van der Waals surface area contributed by atoms with E-state index in [0.29, 0.717) is 24.2 Å². The molecular formula is C14H14N4O2. The molecule has 3 rings (SSSR count). The Morgan fingerprint density at radius 3 is 3.00 bits per heavy atom. The lowest BCUT2D eigenvalue weighted by atomic mass is 9.79. The molecule has 2 N–H and O–H groups in total. The molecule has 6 nitrogen and oxygen atoms in total. The lowest BCUT2D eigenvalue weighted by Crippen LogP contribution is -2.28. The summed E-state index contributed by atoms with van der Waals surface area (Å²) < 4.78 is 7.16. The van der Waals surface area contributed by atoms with Gasteiger partial charge in [0.25, 0.3) is 0 Å². The van der Waals surface area contributed by atoms with E-state index in [1.54, 1.807) is 24.0 Å². The molecule has 102 valence electrons. The number of aromatic nitrogens is 2. The first kappa shape index (κ1) is 12.5. The van der Waals surface area contributed by atoms with Crippen LogP contribution in [0.5, 0.6) is 0 Å². The van der Waals surface area contributed by atoms with Gasteiger partial charge in [0.2, 0.25) is 5.88 Å². The van der Waals surface area contributed by atoms with Crippen LogP contribution in [0.4, 0.5) is 0 Å². The Morgan fingerprint density at radius 1 is 1.55 bits per heavy atom. The van der Waals surface area contributed by atoms with E-state index in [-0.39, 0.29) is 17.2 Å². The van der Waals surface area contributed by atoms with Crippen molar-refractivity contribution in [2.75, 3.05) is 0 Å². The molecule has 1 atom stereocenters. The Hall–Kier alpha value is -2.55. The highest BCUT2D eigenvalue weighted by atomic mass is 16.5. The molecule has 2 heterocycles. The number of Topliss-reactive ketones (excluding diaryl/α,β-unsaturated/α-hetero) is 1. The maximum absolute atomic E-state index is 12.3. The van der Waals surface area contributed by atoms with Gasteiger partial charge in [-0.2, -0.15) is 10.4 Å². The third-order valence-electron chi connectivity index (χ3n) is 3.76. The van der Waals surface area contributed by atoms with Crippen molar-refractivity contribution < 1.29 is 9.53 Å². The van der Waals surface area contributed by atoms with Gasteiger partial charge in [0.05, 0.1) is 11.6 Å². The number of carbonyl (C=O) groups is 1. The number of hydrogen-bond donors (Lipinski definition) is 1. The summed E-state index contributed by atoms with van der Waals surface area (Å²) >= 11 is 0. The summed E-state index contributed by atoms with van der Waals surface area (Å²) in [5.74, 6) is 0.248. The topological polar surface area (TPSA) is 93.9 Å². The quantitative estimate of drug-likeness (QED) is 0.828. The predicted octanol–water partition coefficient (Wildman–Crippen LogP) is 1.23. The first-order chi connectivity index (χ1) is 9.63. The number of carbonyl (C=O) groups excluding carboxylic acids is 1. The minimum Gasteiger partial charge on any atom is -0.444 e. The monoisotopic (exact) mass is 270 g/mol. The number of ether oxygens (including phenoxy) is 1. The van der Waals surface area contributed by atoms with Gasteiger partial charge in [-0.1, -0.05) is 0 Å². The smallest absolute Gasteiger partial charge is 0.205 e. The average Bonchev–Trinajstić information content (AvgIpc) is 2.83. The molecule has 0 radical (unpaired) electrons. The van der Waals surface area contributed by atoms with Gasteiger partial charge in [0.15, 0.2) is 5.78 Å². The van der Waals surface area contributed by atoms with E-state index in [2.05, 4.69) is 11.2 Å². The highest BCUT2D eigenvalue weighted by Crippen LogP contribution is 2.42. The fourth-order valence-corrected chi connectivity index (χ4v) is 2.82. The predicted molar refractivity (Wildman–Crippen MR) is 69.7 cm³/mol. The zero-order chi connectivity index (χ0) is 14.3. The fourth-order valence-electron chi connectivity index (χ4n) is 2.82. The maximum Gasteiger partial charge on any atom is 0.205 e. The van der Waals surface area contributed by atoms with Crippen LogP contribution >= 0.6 is 0 Å². The SMILES string of the molecule is Cn1nccc1[C@@H]1C(C#N)=C(N)OC2=C1C(=O)CCC2. The van der Waals surface area contributed by atoms with Gasteiger partial charge in [0, 0.05) is 31.7 Å². The summed E-state index contributed by atoms with van der Waals surface area (Å²) in [5, 5.41) is 13.5. The first-order valence-corrected chi connectivity index (χ1v) is 6.45. The van der Waals surface area contributed by atoms with Crippen molar-refractivity contribution in [1.82, 2.24) is 9.78 Å². The van der Waals surface area contributed by atoms with Crippen LogP contribution in [0.2, 0.25) is 0 Å². The molecule has 1 aromatic heterocycles. The third-order valence-corrected chi connectivity index (χ3v) is 3.76. The van der Waals surface area contributed by atoms with Crippen molar-refractivity contribution in [3.63, 3.8) is 0 Å². The summed E-state index contributed by atoms with van der Waals surface area (Å²) in [7, 11) is 1.78. The Kier molecular flexibility index (Phi) is 2.83. The summed E-state index contributed by atoms with van der Waals surface area (Å²) in [6.07, 6.45) is 3.55. The molecule has 20 heavy (non-hydrogen) atoms. The van der Waals surface area contributed by atoms with E-state index < -0.39 is 5.92 Å². The third kappa shape index (κ3) is 1.71. The van der Waals surface area contributed by atoms with Crippen molar-refractivity contribution in [3.8, 4) is 6.07 Å². The number of hydrogen-bond acceptors (Lipinski definition) is 5. The normalized spacial score (nSPS) is 22.4. The van der Waals surface area contributed by atoms with Crippen LogP contribution in [0, 0.1) is 11.3 Å². The number of nitrogens with zero attached hydrogens (tertiary/aromatic N) is 3. The Labute approximate surface area is 116 Å². The van der Waals surface area contributed by atoms with Crippen molar-refractivity contribution >= 4 is 5.78 Å². The average molecular weight is 270 g/mol. The van der Waals surface area contributed by atoms with Gasteiger partial charge in [-0.3, -0.25) is 9.48 Å². The van der Waals surface area contributed by atoms with Crippen LogP contribution in [-0.2, 0) is 16.6 Å². The van der Waals surface area contributed by atoms with Gasteiger partial charge in [-0.25, -0.2) is 0 Å². The molecule has 2 aliphatic rings. The second-order valence-electron chi connectivity index (χ2n) is 4.92. The Balaban J connectivity index is 2.21. The van der Waals surface area contributed by atoms with Gasteiger partial charge in [0.1, 0.15) is 17.4 Å². The molecule has 0 bridgehead atoms. The highest BCUT2D eigenvalue weighted by molar-refractivity contribution is 5.99. The lowest BCUT2D eigenvalue weighted by molar-refractivity contribution is -0.116. The van der Waals surface area contributed by atoms with Crippen molar-refractivity contribution in [3.05, 3.63) is 40.7 Å².